The fraction of sp³-hybridized carbons (Fsp3) is 0.750. The van der Waals surface area contributed by atoms with Gasteiger partial charge in [0, 0.05) is 24.9 Å². The second-order valence-corrected chi connectivity index (χ2v) is 7.45. The lowest BCUT2D eigenvalue weighted by atomic mass is 10.1. The Bertz CT molecular complexity index is 397. The summed E-state index contributed by atoms with van der Waals surface area (Å²) in [7, 11) is 2.00. The van der Waals surface area contributed by atoms with Gasteiger partial charge in [-0.25, -0.2) is 0 Å². The Kier molecular flexibility index (Phi) is 4.21. The van der Waals surface area contributed by atoms with Crippen molar-refractivity contribution in [3.05, 3.63) is 15.9 Å². The van der Waals surface area contributed by atoms with Crippen LogP contribution in [0.4, 0.5) is 0 Å². The smallest absolute Gasteiger partial charge is 0.0739 e. The first-order valence-electron chi connectivity index (χ1n) is 6.04. The monoisotopic (exact) mass is 317 g/mol. The van der Waals surface area contributed by atoms with E-state index in [0.29, 0.717) is 4.75 Å². The lowest BCUT2D eigenvalue weighted by Gasteiger charge is -2.23. The number of hydrogen-bond acceptors (Lipinski definition) is 3. The number of aryl methyl sites for hydroxylation is 2. The first kappa shape index (κ1) is 13.4. The van der Waals surface area contributed by atoms with Crippen molar-refractivity contribution < 1.29 is 0 Å². The van der Waals surface area contributed by atoms with Crippen molar-refractivity contribution in [3.8, 4) is 0 Å². The van der Waals surface area contributed by atoms with Gasteiger partial charge in [0.25, 0.3) is 0 Å². The van der Waals surface area contributed by atoms with E-state index < -0.39 is 0 Å². The molecule has 5 heteroatoms. The average Bonchev–Trinajstić information content (AvgIpc) is 2.79. The molecule has 0 spiro atoms. The molecule has 1 N–H and O–H groups in total. The van der Waals surface area contributed by atoms with Crippen LogP contribution in [0.3, 0.4) is 0 Å². The first-order chi connectivity index (χ1) is 8.02. The van der Waals surface area contributed by atoms with Crippen LogP contribution in [0.25, 0.3) is 0 Å². The van der Waals surface area contributed by atoms with Crippen LogP contribution in [0.5, 0.6) is 0 Å². The highest BCUT2D eigenvalue weighted by molar-refractivity contribution is 9.10. The van der Waals surface area contributed by atoms with Crippen molar-refractivity contribution in [1.29, 1.82) is 0 Å². The van der Waals surface area contributed by atoms with Gasteiger partial charge in [-0.3, -0.25) is 4.68 Å². The third-order valence-corrected chi connectivity index (χ3v) is 5.92. The van der Waals surface area contributed by atoms with Crippen molar-refractivity contribution in [2.75, 3.05) is 12.3 Å². The van der Waals surface area contributed by atoms with Crippen molar-refractivity contribution in [3.63, 3.8) is 0 Å². The molecular weight excluding hydrogens is 298 g/mol. The summed E-state index contributed by atoms with van der Waals surface area (Å²) >= 11 is 5.70. The number of nitrogens with zero attached hydrogens (tertiary/aromatic N) is 2. The summed E-state index contributed by atoms with van der Waals surface area (Å²) in [6.07, 6.45) is 2.69. The van der Waals surface area contributed by atoms with E-state index in [1.807, 2.05) is 18.7 Å². The fourth-order valence-corrected chi connectivity index (χ4v) is 4.04. The minimum absolute atomic E-state index is 0.431. The Morgan fingerprint density at radius 3 is 2.88 bits per heavy atom. The largest absolute Gasteiger partial charge is 0.310 e. The average molecular weight is 318 g/mol. The van der Waals surface area contributed by atoms with E-state index in [0.717, 1.165) is 23.3 Å². The fourth-order valence-electron chi connectivity index (χ4n) is 2.29. The minimum Gasteiger partial charge on any atom is -0.310 e. The standard InChI is InChI=1S/C12H20BrN3S/c1-9-11(13)10(16(3)15-9)7-14-8-12(2)5-4-6-17-12/h14H,4-8H2,1-3H3. The summed E-state index contributed by atoms with van der Waals surface area (Å²) < 4.78 is 3.52. The van der Waals surface area contributed by atoms with Gasteiger partial charge < -0.3 is 5.32 Å². The van der Waals surface area contributed by atoms with E-state index in [1.165, 1.54) is 24.3 Å². The van der Waals surface area contributed by atoms with E-state index in [9.17, 15) is 0 Å². The van der Waals surface area contributed by atoms with Crippen LogP contribution < -0.4 is 5.32 Å². The zero-order valence-electron chi connectivity index (χ0n) is 10.7. The predicted molar refractivity (Wildman–Crippen MR) is 77.4 cm³/mol. The number of thioether (sulfide) groups is 1. The molecule has 17 heavy (non-hydrogen) atoms. The van der Waals surface area contributed by atoms with E-state index in [2.05, 4.69) is 45.0 Å². The molecule has 96 valence electrons. The van der Waals surface area contributed by atoms with Crippen LogP contribution in [-0.4, -0.2) is 26.8 Å². The highest BCUT2D eigenvalue weighted by Crippen LogP contribution is 2.37. The zero-order chi connectivity index (χ0) is 12.5. The molecule has 1 aromatic heterocycles. The number of halogens is 1. The van der Waals surface area contributed by atoms with Crippen molar-refractivity contribution in [2.24, 2.45) is 7.05 Å². The normalized spacial score (nSPS) is 24.5. The molecule has 1 atom stereocenters. The minimum atomic E-state index is 0.431. The molecule has 0 radical (unpaired) electrons. The second-order valence-electron chi connectivity index (χ2n) is 4.98. The SMILES string of the molecule is Cc1nn(C)c(CNCC2(C)CCCS2)c1Br. The summed E-state index contributed by atoms with van der Waals surface area (Å²) in [6, 6.07) is 0. The lowest BCUT2D eigenvalue weighted by Crippen LogP contribution is -2.33. The Balaban J connectivity index is 1.89. The summed E-state index contributed by atoms with van der Waals surface area (Å²) in [5.74, 6) is 1.31. The lowest BCUT2D eigenvalue weighted by molar-refractivity contribution is 0.524. The summed E-state index contributed by atoms with van der Waals surface area (Å²) in [4.78, 5) is 0. The topological polar surface area (TPSA) is 29.9 Å². The maximum absolute atomic E-state index is 4.40. The van der Waals surface area contributed by atoms with E-state index >= 15 is 0 Å². The maximum Gasteiger partial charge on any atom is 0.0739 e. The molecule has 2 heterocycles. The van der Waals surface area contributed by atoms with Gasteiger partial charge in [-0.1, -0.05) is 0 Å². The Morgan fingerprint density at radius 2 is 2.35 bits per heavy atom. The molecule has 1 aliphatic heterocycles. The van der Waals surface area contributed by atoms with Crippen molar-refractivity contribution in [1.82, 2.24) is 15.1 Å². The summed E-state index contributed by atoms with van der Waals surface area (Å²) in [5.41, 5.74) is 2.29. The summed E-state index contributed by atoms with van der Waals surface area (Å²) in [5, 5.41) is 7.97. The van der Waals surface area contributed by atoms with Gasteiger partial charge in [0.15, 0.2) is 0 Å². The van der Waals surface area contributed by atoms with Gasteiger partial charge in [0.05, 0.1) is 15.9 Å². The van der Waals surface area contributed by atoms with Crippen LogP contribution >= 0.6 is 27.7 Å². The maximum atomic E-state index is 4.40. The highest BCUT2D eigenvalue weighted by atomic mass is 79.9. The molecule has 0 saturated carbocycles. The molecule has 0 aliphatic carbocycles. The molecule has 2 rings (SSSR count). The predicted octanol–water partition coefficient (Wildman–Crippen LogP) is 2.87. The van der Waals surface area contributed by atoms with Crippen LogP contribution in [-0.2, 0) is 13.6 Å². The van der Waals surface area contributed by atoms with Crippen molar-refractivity contribution in [2.45, 2.75) is 38.0 Å². The van der Waals surface area contributed by atoms with Gasteiger partial charge in [0.2, 0.25) is 0 Å². The van der Waals surface area contributed by atoms with Crippen molar-refractivity contribution >= 4 is 27.7 Å². The first-order valence-corrected chi connectivity index (χ1v) is 7.82. The number of aromatic nitrogens is 2. The second kappa shape index (κ2) is 5.33. The van der Waals surface area contributed by atoms with Gasteiger partial charge in [-0.05, 0) is 48.4 Å². The van der Waals surface area contributed by atoms with Crippen LogP contribution in [0.2, 0.25) is 0 Å². The molecule has 0 bridgehead atoms. The zero-order valence-corrected chi connectivity index (χ0v) is 13.1. The van der Waals surface area contributed by atoms with Crippen LogP contribution in [0.1, 0.15) is 31.2 Å². The summed E-state index contributed by atoms with van der Waals surface area (Å²) in [6.45, 7) is 6.35. The highest BCUT2D eigenvalue weighted by Gasteiger charge is 2.28. The van der Waals surface area contributed by atoms with E-state index in [4.69, 9.17) is 0 Å². The number of rotatable bonds is 4. The molecule has 0 aromatic carbocycles. The van der Waals surface area contributed by atoms with Gasteiger partial charge in [-0.2, -0.15) is 16.9 Å². The molecule has 1 fully saturated rings. The Hall–Kier alpha value is -0.000000000000000111. The van der Waals surface area contributed by atoms with Gasteiger partial charge in [0.1, 0.15) is 0 Å². The molecule has 1 saturated heterocycles. The molecule has 3 nitrogen and oxygen atoms in total. The molecular formula is C12H20BrN3S. The van der Waals surface area contributed by atoms with E-state index in [-0.39, 0.29) is 0 Å². The van der Waals surface area contributed by atoms with Gasteiger partial charge in [-0.15, -0.1) is 0 Å². The Morgan fingerprint density at radius 1 is 1.59 bits per heavy atom. The molecule has 1 unspecified atom stereocenters. The van der Waals surface area contributed by atoms with E-state index in [1.54, 1.807) is 0 Å². The Labute approximate surface area is 116 Å². The third kappa shape index (κ3) is 3.06. The quantitative estimate of drug-likeness (QED) is 0.926. The number of nitrogens with one attached hydrogen (secondary N) is 1. The van der Waals surface area contributed by atoms with Crippen LogP contribution in [0.15, 0.2) is 4.47 Å². The van der Waals surface area contributed by atoms with Gasteiger partial charge >= 0.3 is 0 Å². The third-order valence-electron chi connectivity index (χ3n) is 3.35. The molecule has 0 amide bonds. The number of hydrogen-bond donors (Lipinski definition) is 1. The molecule has 1 aromatic rings. The molecule has 1 aliphatic rings. The van der Waals surface area contributed by atoms with Crippen LogP contribution in [0, 0.1) is 6.92 Å².